The fraction of sp³-hybridized carbons (Fsp3) is 0.364. The van der Waals surface area contributed by atoms with Crippen molar-refractivity contribution in [2.24, 2.45) is 0 Å². The lowest BCUT2D eigenvalue weighted by molar-refractivity contribution is -0.274. The predicted octanol–water partition coefficient (Wildman–Crippen LogP) is 3.09. The second-order valence-electron chi connectivity index (χ2n) is 3.79. The summed E-state index contributed by atoms with van der Waals surface area (Å²) in [5, 5.41) is 0. The van der Waals surface area contributed by atoms with Gasteiger partial charge in [0.2, 0.25) is 5.91 Å². The molecule has 0 bridgehead atoms. The van der Waals surface area contributed by atoms with Gasteiger partial charge in [-0.25, -0.2) is 0 Å². The van der Waals surface area contributed by atoms with E-state index >= 15 is 0 Å². The Hall–Kier alpha value is -1.24. The van der Waals surface area contributed by atoms with Crippen molar-refractivity contribution in [2.45, 2.75) is 17.6 Å². The van der Waals surface area contributed by atoms with Crippen LogP contribution in [0.5, 0.6) is 5.75 Å². The molecule has 1 heterocycles. The van der Waals surface area contributed by atoms with Crippen LogP contribution in [0.3, 0.4) is 0 Å². The summed E-state index contributed by atoms with van der Waals surface area (Å²) in [6.45, 7) is 0.476. The van der Waals surface area contributed by atoms with E-state index in [0.29, 0.717) is 18.7 Å². The van der Waals surface area contributed by atoms with Crippen LogP contribution in [0.15, 0.2) is 24.3 Å². The van der Waals surface area contributed by atoms with Gasteiger partial charge in [-0.2, -0.15) is 0 Å². The van der Waals surface area contributed by atoms with E-state index in [2.05, 4.69) is 20.7 Å². The summed E-state index contributed by atoms with van der Waals surface area (Å²) in [7, 11) is 0. The summed E-state index contributed by atoms with van der Waals surface area (Å²) in [5.74, 6) is -0.481. The normalized spacial score (nSPS) is 20.3. The highest BCUT2D eigenvalue weighted by Crippen LogP contribution is 2.30. The smallest absolute Gasteiger partial charge is 0.406 e. The van der Waals surface area contributed by atoms with E-state index in [9.17, 15) is 18.0 Å². The molecule has 0 N–H and O–H groups in total. The van der Waals surface area contributed by atoms with Crippen molar-refractivity contribution in [3.63, 3.8) is 0 Å². The largest absolute Gasteiger partial charge is 0.573 e. The maximum atomic E-state index is 12.1. The molecule has 18 heavy (non-hydrogen) atoms. The number of benzene rings is 1. The lowest BCUT2D eigenvalue weighted by Gasteiger charge is -2.17. The van der Waals surface area contributed by atoms with Gasteiger partial charge in [-0.15, -0.1) is 13.2 Å². The molecule has 1 aromatic carbocycles. The first-order valence-corrected chi connectivity index (χ1v) is 6.09. The number of nitrogens with zero attached hydrogens (tertiary/aromatic N) is 1. The quantitative estimate of drug-likeness (QED) is 0.783. The molecule has 0 aliphatic carbocycles. The number of ether oxygens (including phenoxy) is 1. The minimum atomic E-state index is -4.73. The molecule has 1 atom stereocenters. The summed E-state index contributed by atoms with van der Waals surface area (Å²) in [6, 6.07) is 5.40. The predicted molar refractivity (Wildman–Crippen MR) is 62.8 cm³/mol. The second-order valence-corrected chi connectivity index (χ2v) is 4.90. The highest BCUT2D eigenvalue weighted by Gasteiger charge is 2.33. The molecule has 98 valence electrons. The van der Waals surface area contributed by atoms with Crippen LogP contribution in [-0.2, 0) is 4.79 Å². The fourth-order valence-corrected chi connectivity index (χ4v) is 2.20. The van der Waals surface area contributed by atoms with E-state index in [1.807, 2.05) is 0 Å². The summed E-state index contributed by atoms with van der Waals surface area (Å²) in [4.78, 5) is 12.9. The van der Waals surface area contributed by atoms with Crippen molar-refractivity contribution in [2.75, 3.05) is 11.4 Å². The Morgan fingerprint density at radius 1 is 1.39 bits per heavy atom. The van der Waals surface area contributed by atoms with E-state index in [1.54, 1.807) is 6.07 Å². The first-order valence-electron chi connectivity index (χ1n) is 5.18. The van der Waals surface area contributed by atoms with E-state index in [-0.39, 0.29) is 16.5 Å². The van der Waals surface area contributed by atoms with Gasteiger partial charge in [0, 0.05) is 18.3 Å². The number of amides is 1. The number of alkyl halides is 4. The highest BCUT2D eigenvalue weighted by atomic mass is 79.9. The van der Waals surface area contributed by atoms with Gasteiger partial charge in [0.1, 0.15) is 5.75 Å². The standard InChI is InChI=1S/C11H9BrF3NO2/c12-9-4-5-16(10(9)17)7-2-1-3-8(6-7)18-11(13,14)15/h1-3,6,9H,4-5H2/t9-/m1/s1. The van der Waals surface area contributed by atoms with Crippen molar-refractivity contribution in [1.82, 2.24) is 0 Å². The molecular weight excluding hydrogens is 315 g/mol. The Balaban J connectivity index is 2.20. The zero-order chi connectivity index (χ0) is 13.3. The number of anilines is 1. The van der Waals surface area contributed by atoms with E-state index < -0.39 is 6.36 Å². The van der Waals surface area contributed by atoms with Crippen LogP contribution in [0.4, 0.5) is 18.9 Å². The zero-order valence-corrected chi connectivity index (χ0v) is 10.7. The molecule has 2 rings (SSSR count). The third kappa shape index (κ3) is 2.95. The number of carbonyl (C=O) groups is 1. The third-order valence-corrected chi connectivity index (χ3v) is 3.35. The van der Waals surface area contributed by atoms with E-state index in [0.717, 1.165) is 0 Å². The summed E-state index contributed by atoms with van der Waals surface area (Å²) >= 11 is 3.21. The van der Waals surface area contributed by atoms with Crippen LogP contribution in [0, 0.1) is 0 Å². The topological polar surface area (TPSA) is 29.5 Å². The monoisotopic (exact) mass is 323 g/mol. The Morgan fingerprint density at radius 3 is 2.67 bits per heavy atom. The first-order chi connectivity index (χ1) is 8.37. The molecule has 0 spiro atoms. The minimum absolute atomic E-state index is 0.154. The van der Waals surface area contributed by atoms with Crippen LogP contribution < -0.4 is 9.64 Å². The lowest BCUT2D eigenvalue weighted by atomic mass is 10.3. The summed E-state index contributed by atoms with van der Waals surface area (Å²) in [5.41, 5.74) is 0.406. The van der Waals surface area contributed by atoms with Crippen molar-refractivity contribution in [3.8, 4) is 5.75 Å². The molecule has 1 fully saturated rings. The Kier molecular flexibility index (Phi) is 3.52. The molecule has 1 aromatic rings. The van der Waals surface area contributed by atoms with Gasteiger partial charge in [0.25, 0.3) is 0 Å². The van der Waals surface area contributed by atoms with Gasteiger partial charge in [-0.3, -0.25) is 4.79 Å². The maximum Gasteiger partial charge on any atom is 0.573 e. The molecule has 0 aromatic heterocycles. The lowest BCUT2D eigenvalue weighted by Crippen LogP contribution is -2.27. The summed E-state index contributed by atoms with van der Waals surface area (Å²) in [6.07, 6.45) is -4.10. The van der Waals surface area contributed by atoms with Gasteiger partial charge in [-0.05, 0) is 18.6 Å². The molecule has 1 amide bonds. The summed E-state index contributed by atoms with van der Waals surface area (Å²) < 4.78 is 40.1. The van der Waals surface area contributed by atoms with Gasteiger partial charge in [0.15, 0.2) is 0 Å². The van der Waals surface area contributed by atoms with Gasteiger partial charge in [0.05, 0.1) is 4.83 Å². The van der Waals surface area contributed by atoms with Crippen molar-refractivity contribution >= 4 is 27.5 Å². The van der Waals surface area contributed by atoms with Crippen LogP contribution >= 0.6 is 15.9 Å². The minimum Gasteiger partial charge on any atom is -0.406 e. The molecule has 3 nitrogen and oxygen atoms in total. The maximum absolute atomic E-state index is 12.1. The van der Waals surface area contributed by atoms with E-state index in [4.69, 9.17) is 0 Å². The molecular formula is C11H9BrF3NO2. The van der Waals surface area contributed by atoms with E-state index in [1.165, 1.54) is 23.1 Å². The number of carbonyl (C=O) groups excluding carboxylic acids is 1. The molecule has 0 unspecified atom stereocenters. The molecule has 1 aliphatic heterocycles. The molecule has 1 saturated heterocycles. The highest BCUT2D eigenvalue weighted by molar-refractivity contribution is 9.10. The van der Waals surface area contributed by atoms with Crippen molar-refractivity contribution in [1.29, 1.82) is 0 Å². The Morgan fingerprint density at radius 2 is 2.11 bits per heavy atom. The van der Waals surface area contributed by atoms with Gasteiger partial charge < -0.3 is 9.64 Å². The molecule has 0 saturated carbocycles. The van der Waals surface area contributed by atoms with Gasteiger partial charge in [-0.1, -0.05) is 22.0 Å². The average molecular weight is 324 g/mol. The first kappa shape index (κ1) is 13.2. The van der Waals surface area contributed by atoms with Crippen molar-refractivity contribution in [3.05, 3.63) is 24.3 Å². The average Bonchev–Trinajstić information content (AvgIpc) is 2.58. The Labute approximate surface area is 110 Å². The van der Waals surface area contributed by atoms with Crippen molar-refractivity contribution < 1.29 is 22.7 Å². The number of hydrogen-bond acceptors (Lipinski definition) is 2. The van der Waals surface area contributed by atoms with Gasteiger partial charge >= 0.3 is 6.36 Å². The van der Waals surface area contributed by atoms with Crippen LogP contribution in [-0.4, -0.2) is 23.6 Å². The molecule has 7 heteroatoms. The second kappa shape index (κ2) is 4.79. The van der Waals surface area contributed by atoms with Crippen LogP contribution in [0.1, 0.15) is 6.42 Å². The number of halogens is 4. The zero-order valence-electron chi connectivity index (χ0n) is 9.08. The van der Waals surface area contributed by atoms with Crippen LogP contribution in [0.2, 0.25) is 0 Å². The third-order valence-electron chi connectivity index (χ3n) is 2.50. The fourth-order valence-electron chi connectivity index (χ4n) is 1.75. The molecule has 0 radical (unpaired) electrons. The Bertz CT molecular complexity index is 464. The van der Waals surface area contributed by atoms with Crippen LogP contribution in [0.25, 0.3) is 0 Å². The number of hydrogen-bond donors (Lipinski definition) is 0. The number of rotatable bonds is 2. The SMILES string of the molecule is O=C1[C@H](Br)CCN1c1cccc(OC(F)(F)F)c1. The molecule has 1 aliphatic rings.